The van der Waals surface area contributed by atoms with Gasteiger partial charge in [-0.3, -0.25) is 14.9 Å². The number of anilines is 2. The number of amides is 1. The molecule has 102 valence electrons. The minimum atomic E-state index is -0.595. The zero-order valence-electron chi connectivity index (χ0n) is 9.88. The van der Waals surface area contributed by atoms with Gasteiger partial charge in [-0.1, -0.05) is 11.6 Å². The average molecular weight is 302 g/mol. The molecule has 1 saturated heterocycles. The van der Waals surface area contributed by atoms with E-state index in [-0.39, 0.29) is 28.2 Å². The Morgan fingerprint density at radius 2 is 2.26 bits per heavy atom. The van der Waals surface area contributed by atoms with Gasteiger partial charge < -0.3 is 10.6 Å². The lowest BCUT2D eigenvalue weighted by molar-refractivity contribution is -0.384. The molecule has 8 heteroatoms. The van der Waals surface area contributed by atoms with Gasteiger partial charge in [-0.25, -0.2) is 0 Å². The van der Waals surface area contributed by atoms with Gasteiger partial charge in [0.05, 0.1) is 16.3 Å². The Hall–Kier alpha value is -1.47. The number of thiol groups is 1. The second-order valence-electron chi connectivity index (χ2n) is 4.38. The summed E-state index contributed by atoms with van der Waals surface area (Å²) in [5, 5.41) is 10.8. The molecule has 1 aliphatic heterocycles. The van der Waals surface area contributed by atoms with Gasteiger partial charge in [0, 0.05) is 19.0 Å². The summed E-state index contributed by atoms with van der Waals surface area (Å²) in [5.74, 6) is 0.602. The Bertz CT molecular complexity index is 552. The minimum absolute atomic E-state index is 0.0383. The number of halogens is 1. The summed E-state index contributed by atoms with van der Waals surface area (Å²) < 4.78 is 0. The summed E-state index contributed by atoms with van der Waals surface area (Å²) in [5.41, 5.74) is 6.13. The first-order valence-electron chi connectivity index (χ1n) is 5.58. The number of hydrogen-bond acceptors (Lipinski definition) is 5. The first kappa shape index (κ1) is 14.0. The molecule has 0 aliphatic carbocycles. The number of nitrogens with zero attached hydrogens (tertiary/aromatic N) is 2. The highest BCUT2D eigenvalue weighted by molar-refractivity contribution is 7.80. The van der Waals surface area contributed by atoms with Crippen LogP contribution in [0.15, 0.2) is 12.1 Å². The summed E-state index contributed by atoms with van der Waals surface area (Å²) in [6, 6.07) is 2.55. The van der Waals surface area contributed by atoms with Crippen molar-refractivity contribution in [2.75, 3.05) is 22.9 Å². The molecule has 1 amide bonds. The number of nitro benzene ring substituents is 1. The van der Waals surface area contributed by atoms with E-state index >= 15 is 0 Å². The molecule has 1 fully saturated rings. The van der Waals surface area contributed by atoms with Crippen molar-refractivity contribution in [1.82, 2.24) is 0 Å². The van der Waals surface area contributed by atoms with Gasteiger partial charge in [0.15, 0.2) is 0 Å². The van der Waals surface area contributed by atoms with E-state index in [1.165, 1.54) is 17.0 Å². The Morgan fingerprint density at radius 3 is 2.79 bits per heavy atom. The van der Waals surface area contributed by atoms with Gasteiger partial charge in [0.1, 0.15) is 5.02 Å². The SMILES string of the molecule is Nc1cc(Cl)c([N+](=O)[O-])cc1N1CC(CS)CC1=O. The molecule has 1 aromatic carbocycles. The molecule has 0 radical (unpaired) electrons. The van der Waals surface area contributed by atoms with Crippen LogP contribution in [-0.4, -0.2) is 23.1 Å². The van der Waals surface area contributed by atoms with Gasteiger partial charge in [-0.15, -0.1) is 0 Å². The van der Waals surface area contributed by atoms with Crippen molar-refractivity contribution in [3.05, 3.63) is 27.3 Å². The van der Waals surface area contributed by atoms with Crippen LogP contribution in [0, 0.1) is 16.0 Å². The monoisotopic (exact) mass is 301 g/mol. The van der Waals surface area contributed by atoms with Crippen molar-refractivity contribution in [2.45, 2.75) is 6.42 Å². The van der Waals surface area contributed by atoms with Crippen LogP contribution in [-0.2, 0) is 4.79 Å². The number of nitrogen functional groups attached to an aromatic ring is 1. The molecule has 0 bridgehead atoms. The molecule has 2 N–H and O–H groups in total. The standard InChI is InChI=1S/C11H12ClN3O3S/c12-7-2-8(13)10(3-9(7)15(17)18)14-4-6(5-19)1-11(14)16/h2-3,6,19H,1,4-5,13H2. The molecule has 1 heterocycles. The lowest BCUT2D eigenvalue weighted by Crippen LogP contribution is -2.25. The van der Waals surface area contributed by atoms with E-state index in [2.05, 4.69) is 12.6 Å². The molecule has 19 heavy (non-hydrogen) atoms. The fraction of sp³-hybridized carbons (Fsp3) is 0.364. The van der Waals surface area contributed by atoms with Crippen LogP contribution < -0.4 is 10.6 Å². The normalized spacial score (nSPS) is 18.9. The van der Waals surface area contributed by atoms with Gasteiger partial charge in [-0.2, -0.15) is 12.6 Å². The molecule has 0 spiro atoms. The second-order valence-corrected chi connectivity index (χ2v) is 5.15. The number of nitro groups is 1. The van der Waals surface area contributed by atoms with Crippen LogP contribution in [0.1, 0.15) is 6.42 Å². The predicted molar refractivity (Wildman–Crippen MR) is 76.8 cm³/mol. The maximum Gasteiger partial charge on any atom is 0.290 e. The number of hydrogen-bond donors (Lipinski definition) is 2. The molecule has 1 aliphatic rings. The van der Waals surface area contributed by atoms with E-state index in [1.54, 1.807) is 0 Å². The lowest BCUT2D eigenvalue weighted by Gasteiger charge is -2.18. The van der Waals surface area contributed by atoms with Gasteiger partial charge >= 0.3 is 0 Å². The van der Waals surface area contributed by atoms with Crippen molar-refractivity contribution in [1.29, 1.82) is 0 Å². The lowest BCUT2D eigenvalue weighted by atomic mass is 10.1. The van der Waals surface area contributed by atoms with E-state index in [9.17, 15) is 14.9 Å². The number of rotatable bonds is 3. The minimum Gasteiger partial charge on any atom is -0.397 e. The van der Waals surface area contributed by atoms with E-state index < -0.39 is 4.92 Å². The summed E-state index contributed by atoms with van der Waals surface area (Å²) in [6.07, 6.45) is 0.374. The Kier molecular flexibility index (Phi) is 3.86. The zero-order chi connectivity index (χ0) is 14.2. The van der Waals surface area contributed by atoms with Crippen LogP contribution in [0.4, 0.5) is 17.1 Å². The molecular weight excluding hydrogens is 290 g/mol. The van der Waals surface area contributed by atoms with Crippen molar-refractivity contribution in [3.8, 4) is 0 Å². The Morgan fingerprint density at radius 1 is 1.58 bits per heavy atom. The number of carbonyl (C=O) groups excluding carboxylic acids is 1. The van der Waals surface area contributed by atoms with Crippen molar-refractivity contribution >= 4 is 47.2 Å². The van der Waals surface area contributed by atoms with E-state index in [0.29, 0.717) is 24.4 Å². The number of nitrogens with two attached hydrogens (primary N) is 1. The van der Waals surface area contributed by atoms with Gasteiger partial charge in [-0.05, 0) is 17.7 Å². The summed E-state index contributed by atoms with van der Waals surface area (Å²) in [4.78, 5) is 23.6. The average Bonchev–Trinajstić information content (AvgIpc) is 2.70. The summed E-state index contributed by atoms with van der Waals surface area (Å²) in [6.45, 7) is 0.464. The fourth-order valence-corrected chi connectivity index (χ4v) is 2.56. The third-order valence-corrected chi connectivity index (χ3v) is 3.87. The highest BCUT2D eigenvalue weighted by Gasteiger charge is 2.32. The molecular formula is C11H12ClN3O3S. The van der Waals surface area contributed by atoms with Crippen LogP contribution in [0.2, 0.25) is 5.02 Å². The van der Waals surface area contributed by atoms with E-state index in [4.69, 9.17) is 17.3 Å². The summed E-state index contributed by atoms with van der Waals surface area (Å²) in [7, 11) is 0. The Labute approximate surface area is 120 Å². The molecule has 0 aromatic heterocycles. The molecule has 6 nitrogen and oxygen atoms in total. The van der Waals surface area contributed by atoms with Crippen LogP contribution in [0.25, 0.3) is 0 Å². The molecule has 2 rings (SSSR count). The van der Waals surface area contributed by atoms with Gasteiger partial charge in [0.25, 0.3) is 5.69 Å². The fourth-order valence-electron chi connectivity index (χ4n) is 2.08. The molecule has 0 saturated carbocycles. The van der Waals surface area contributed by atoms with E-state index in [1.807, 2.05) is 0 Å². The largest absolute Gasteiger partial charge is 0.397 e. The van der Waals surface area contributed by atoms with Crippen LogP contribution in [0.5, 0.6) is 0 Å². The maximum atomic E-state index is 11.9. The van der Waals surface area contributed by atoms with Crippen molar-refractivity contribution in [3.63, 3.8) is 0 Å². The van der Waals surface area contributed by atoms with Crippen LogP contribution in [0.3, 0.4) is 0 Å². The third-order valence-electron chi connectivity index (χ3n) is 3.05. The van der Waals surface area contributed by atoms with Gasteiger partial charge in [0.2, 0.25) is 5.91 Å². The first-order chi connectivity index (χ1) is 8.93. The van der Waals surface area contributed by atoms with Crippen molar-refractivity contribution < 1.29 is 9.72 Å². The molecule has 1 atom stereocenters. The second kappa shape index (κ2) is 5.26. The molecule has 1 unspecified atom stereocenters. The third kappa shape index (κ3) is 2.62. The quantitative estimate of drug-likeness (QED) is 0.387. The number of carbonyl (C=O) groups is 1. The smallest absolute Gasteiger partial charge is 0.290 e. The topological polar surface area (TPSA) is 89.5 Å². The molecule has 1 aromatic rings. The van der Waals surface area contributed by atoms with Crippen LogP contribution >= 0.6 is 24.2 Å². The zero-order valence-corrected chi connectivity index (χ0v) is 11.5. The highest BCUT2D eigenvalue weighted by Crippen LogP contribution is 2.37. The maximum absolute atomic E-state index is 11.9. The Balaban J connectivity index is 2.42. The predicted octanol–water partition coefficient (Wildman–Crippen LogP) is 2.11. The summed E-state index contributed by atoms with van der Waals surface area (Å²) >= 11 is 9.92. The van der Waals surface area contributed by atoms with E-state index in [0.717, 1.165) is 0 Å². The highest BCUT2D eigenvalue weighted by atomic mass is 35.5. The first-order valence-corrected chi connectivity index (χ1v) is 6.59. The van der Waals surface area contributed by atoms with Crippen molar-refractivity contribution in [2.24, 2.45) is 5.92 Å². The number of benzene rings is 1.